The highest BCUT2D eigenvalue weighted by Crippen LogP contribution is 2.30. The van der Waals surface area contributed by atoms with E-state index in [2.05, 4.69) is 10.3 Å². The molecule has 5 nitrogen and oxygen atoms in total. The van der Waals surface area contributed by atoms with Crippen LogP contribution in [0.15, 0.2) is 6.20 Å². The second kappa shape index (κ2) is 6.14. The molecular formula is C15H20F3N3O2. The number of ether oxygens (including phenoxy) is 1. The molecule has 3 rings (SSSR count). The van der Waals surface area contributed by atoms with Crippen molar-refractivity contribution < 1.29 is 22.7 Å². The molecule has 1 fully saturated rings. The van der Waals surface area contributed by atoms with Gasteiger partial charge >= 0.3 is 6.18 Å². The van der Waals surface area contributed by atoms with Crippen molar-refractivity contribution in [3.05, 3.63) is 17.7 Å². The fraction of sp³-hybridized carbons (Fsp3) is 0.733. The second-order valence-corrected chi connectivity index (χ2v) is 6.31. The number of imidazole rings is 1. The lowest BCUT2D eigenvalue weighted by molar-refractivity contribution is -0.141. The van der Waals surface area contributed by atoms with Gasteiger partial charge in [0.2, 0.25) is 5.91 Å². The summed E-state index contributed by atoms with van der Waals surface area (Å²) in [6.07, 6.45) is -1.47. The fourth-order valence-electron chi connectivity index (χ4n) is 3.27. The molecule has 23 heavy (non-hydrogen) atoms. The Hall–Kier alpha value is -1.57. The molecule has 128 valence electrons. The molecule has 8 heteroatoms. The molecule has 2 aliphatic rings. The Balaban J connectivity index is 1.55. The smallest absolute Gasteiger partial charge is 0.378 e. The van der Waals surface area contributed by atoms with Gasteiger partial charge in [-0.05, 0) is 25.7 Å². The van der Waals surface area contributed by atoms with Crippen molar-refractivity contribution in [2.24, 2.45) is 11.8 Å². The topological polar surface area (TPSA) is 56.1 Å². The van der Waals surface area contributed by atoms with Crippen LogP contribution in [0.25, 0.3) is 0 Å². The lowest BCUT2D eigenvalue weighted by atomic mass is 9.98. The van der Waals surface area contributed by atoms with Crippen molar-refractivity contribution in [2.75, 3.05) is 13.2 Å². The minimum Gasteiger partial charge on any atom is -0.378 e. The molecule has 0 aliphatic carbocycles. The lowest BCUT2D eigenvalue weighted by Crippen LogP contribution is -2.38. The zero-order valence-corrected chi connectivity index (χ0v) is 12.9. The van der Waals surface area contributed by atoms with Gasteiger partial charge in [-0.3, -0.25) is 4.79 Å². The van der Waals surface area contributed by atoms with Crippen molar-refractivity contribution >= 4 is 5.91 Å². The quantitative estimate of drug-likeness (QED) is 0.922. The van der Waals surface area contributed by atoms with Crippen molar-refractivity contribution in [2.45, 2.75) is 45.0 Å². The van der Waals surface area contributed by atoms with Crippen molar-refractivity contribution in [3.63, 3.8) is 0 Å². The Labute approximate surface area is 132 Å². The maximum atomic E-state index is 12.7. The molecule has 0 bridgehead atoms. The van der Waals surface area contributed by atoms with Crippen LogP contribution in [0.2, 0.25) is 0 Å². The van der Waals surface area contributed by atoms with E-state index >= 15 is 0 Å². The fourth-order valence-corrected chi connectivity index (χ4v) is 3.27. The van der Waals surface area contributed by atoms with E-state index < -0.39 is 11.9 Å². The zero-order chi connectivity index (χ0) is 16.6. The highest BCUT2D eigenvalue weighted by molar-refractivity contribution is 5.79. The van der Waals surface area contributed by atoms with Crippen LogP contribution >= 0.6 is 0 Å². The predicted molar refractivity (Wildman–Crippen MR) is 75.6 cm³/mol. The van der Waals surface area contributed by atoms with Crippen LogP contribution in [0, 0.1) is 11.8 Å². The highest BCUT2D eigenvalue weighted by atomic mass is 19.4. The molecule has 0 saturated carbocycles. The van der Waals surface area contributed by atoms with E-state index in [1.54, 1.807) is 4.57 Å². The summed E-state index contributed by atoms with van der Waals surface area (Å²) in [6.45, 7) is 3.41. The van der Waals surface area contributed by atoms with Crippen LogP contribution in [0.1, 0.15) is 31.3 Å². The monoisotopic (exact) mass is 331 g/mol. The van der Waals surface area contributed by atoms with Crippen LogP contribution in [0.5, 0.6) is 0 Å². The number of nitrogens with zero attached hydrogens (tertiary/aromatic N) is 2. The number of carbonyl (C=O) groups is 1. The first-order valence-corrected chi connectivity index (χ1v) is 7.87. The summed E-state index contributed by atoms with van der Waals surface area (Å²) in [4.78, 5) is 15.8. The van der Waals surface area contributed by atoms with E-state index in [1.807, 2.05) is 6.92 Å². The summed E-state index contributed by atoms with van der Waals surface area (Å²) >= 11 is 0. The molecule has 0 spiro atoms. The van der Waals surface area contributed by atoms with Crippen molar-refractivity contribution in [3.8, 4) is 0 Å². The molecule has 3 heterocycles. The number of hydrogen-bond donors (Lipinski definition) is 1. The molecule has 0 radical (unpaired) electrons. The van der Waals surface area contributed by atoms with Gasteiger partial charge in [-0.25, -0.2) is 4.98 Å². The number of alkyl halides is 3. The van der Waals surface area contributed by atoms with E-state index in [9.17, 15) is 18.0 Å². The molecule has 1 aromatic heterocycles. The number of amides is 1. The van der Waals surface area contributed by atoms with E-state index in [0.29, 0.717) is 31.9 Å². The van der Waals surface area contributed by atoms with Crippen LogP contribution in [-0.4, -0.2) is 34.7 Å². The number of nitrogens with one attached hydrogen (secondary N) is 1. The summed E-state index contributed by atoms with van der Waals surface area (Å²) in [7, 11) is 0. The van der Waals surface area contributed by atoms with Gasteiger partial charge in [0.15, 0.2) is 5.69 Å². The summed E-state index contributed by atoms with van der Waals surface area (Å²) in [6, 6.07) is 0. The van der Waals surface area contributed by atoms with Crippen LogP contribution < -0.4 is 5.32 Å². The number of hydrogen-bond acceptors (Lipinski definition) is 3. The number of aromatic nitrogens is 2. The summed E-state index contributed by atoms with van der Waals surface area (Å²) < 4.78 is 45.0. The third kappa shape index (κ3) is 3.52. The van der Waals surface area contributed by atoms with E-state index in [1.165, 1.54) is 0 Å². The van der Waals surface area contributed by atoms with Gasteiger partial charge in [-0.15, -0.1) is 0 Å². The second-order valence-electron chi connectivity index (χ2n) is 6.31. The Bertz CT molecular complexity index is 585. The largest absolute Gasteiger partial charge is 0.434 e. The minimum absolute atomic E-state index is 0.0255. The third-order valence-electron chi connectivity index (χ3n) is 4.66. The first kappa shape index (κ1) is 16.3. The lowest BCUT2D eigenvalue weighted by Gasteiger charge is -2.24. The van der Waals surface area contributed by atoms with Gasteiger partial charge in [0.05, 0.1) is 12.0 Å². The van der Waals surface area contributed by atoms with Gasteiger partial charge in [-0.2, -0.15) is 13.2 Å². The average Bonchev–Trinajstić information content (AvgIpc) is 3.09. The summed E-state index contributed by atoms with van der Waals surface area (Å²) in [5, 5.41) is 2.92. The summed E-state index contributed by atoms with van der Waals surface area (Å²) in [5.74, 6) is 0.443. The molecule has 1 amide bonds. The van der Waals surface area contributed by atoms with E-state index in [-0.39, 0.29) is 23.8 Å². The standard InChI is InChI=1S/C15H20F3N3O2/c1-9-11(4-5-23-9)14(22)19-6-10-2-3-13-20-12(15(16,17)18)8-21(13)7-10/h8-11H,2-7H2,1H3,(H,19,22)/t9-,10+,11-/m0/s1. The number of aryl methyl sites for hydroxylation is 1. The van der Waals surface area contributed by atoms with Crippen LogP contribution in [-0.2, 0) is 28.7 Å². The first-order valence-electron chi connectivity index (χ1n) is 7.87. The SMILES string of the molecule is C[C@@H]1OCC[C@@H]1C(=O)NC[C@H]1CCc2nc(C(F)(F)F)cn2C1. The Morgan fingerprint density at radius 1 is 1.48 bits per heavy atom. The maximum Gasteiger partial charge on any atom is 0.434 e. The van der Waals surface area contributed by atoms with Crippen LogP contribution in [0.3, 0.4) is 0 Å². The van der Waals surface area contributed by atoms with Gasteiger partial charge in [0, 0.05) is 32.3 Å². The average molecular weight is 331 g/mol. The third-order valence-corrected chi connectivity index (χ3v) is 4.66. The first-order chi connectivity index (χ1) is 10.8. The molecule has 1 aromatic rings. The van der Waals surface area contributed by atoms with E-state index in [4.69, 9.17) is 4.74 Å². The van der Waals surface area contributed by atoms with Gasteiger partial charge in [0.1, 0.15) is 5.82 Å². The van der Waals surface area contributed by atoms with Crippen LogP contribution in [0.4, 0.5) is 13.2 Å². The number of carbonyl (C=O) groups excluding carboxylic acids is 1. The summed E-state index contributed by atoms with van der Waals surface area (Å²) in [5.41, 5.74) is -0.839. The van der Waals surface area contributed by atoms with Crippen molar-refractivity contribution in [1.82, 2.24) is 14.9 Å². The van der Waals surface area contributed by atoms with Gasteiger partial charge in [0.25, 0.3) is 0 Å². The molecule has 1 saturated heterocycles. The van der Waals surface area contributed by atoms with Gasteiger partial charge in [-0.1, -0.05) is 0 Å². The normalized spacial score (nSPS) is 27.7. The number of fused-ring (bicyclic) bond motifs is 1. The molecule has 1 N–H and O–H groups in total. The van der Waals surface area contributed by atoms with E-state index in [0.717, 1.165) is 19.0 Å². The zero-order valence-electron chi connectivity index (χ0n) is 12.9. The molecule has 0 aromatic carbocycles. The highest BCUT2D eigenvalue weighted by Gasteiger charge is 2.36. The number of rotatable bonds is 3. The molecule has 2 aliphatic heterocycles. The molecular weight excluding hydrogens is 311 g/mol. The Morgan fingerprint density at radius 2 is 2.26 bits per heavy atom. The van der Waals surface area contributed by atoms with Gasteiger partial charge < -0.3 is 14.6 Å². The molecule has 0 unspecified atom stereocenters. The Morgan fingerprint density at radius 3 is 2.91 bits per heavy atom. The maximum absolute atomic E-state index is 12.7. The molecule has 3 atom stereocenters. The minimum atomic E-state index is -4.41. The number of halogens is 3. The predicted octanol–water partition coefficient (Wildman–Crippen LogP) is 2.01. The van der Waals surface area contributed by atoms with Crippen molar-refractivity contribution in [1.29, 1.82) is 0 Å². The Kier molecular flexibility index (Phi) is 4.35.